The number of nitrogens with zero attached hydrogens (tertiary/aromatic N) is 4. The highest BCUT2D eigenvalue weighted by molar-refractivity contribution is 6.31. The Labute approximate surface area is 129 Å². The number of carbonyl (C=O) groups is 1. The predicted molar refractivity (Wildman–Crippen MR) is 81.1 cm³/mol. The van der Waals surface area contributed by atoms with E-state index in [9.17, 15) is 4.79 Å². The molecule has 0 atom stereocenters. The van der Waals surface area contributed by atoms with Gasteiger partial charge in [-0.2, -0.15) is 10.2 Å². The molecule has 7 heteroatoms. The third-order valence-electron chi connectivity index (χ3n) is 3.41. The molecule has 6 nitrogen and oxygen atoms in total. The average Bonchev–Trinajstić information content (AvgIpc) is 2.88. The van der Waals surface area contributed by atoms with Crippen LogP contribution < -0.4 is 5.32 Å². The molecule has 0 fully saturated rings. The molecular weight excluding hydrogens is 290 g/mol. The zero-order valence-corrected chi connectivity index (χ0v) is 13.5. The largest absolute Gasteiger partial charge is 0.350 e. The Balaban J connectivity index is 1.85. The van der Waals surface area contributed by atoms with Crippen LogP contribution in [0.15, 0.2) is 6.07 Å². The average molecular weight is 310 g/mol. The standard InChI is InChI=1S/C14H20ClN5O/c1-9-7-12(19(4)17-9)8-16-13(21)5-6-20-11(3)14(15)10(2)18-20/h7H,5-6,8H2,1-4H3,(H,16,21). The van der Waals surface area contributed by atoms with Gasteiger partial charge in [0.1, 0.15) is 0 Å². The molecule has 1 N–H and O–H groups in total. The van der Waals surface area contributed by atoms with Gasteiger partial charge < -0.3 is 5.32 Å². The molecule has 0 saturated carbocycles. The minimum absolute atomic E-state index is 0.0162. The lowest BCUT2D eigenvalue weighted by Crippen LogP contribution is -2.25. The Morgan fingerprint density at radius 2 is 2.05 bits per heavy atom. The van der Waals surface area contributed by atoms with Gasteiger partial charge >= 0.3 is 0 Å². The fourth-order valence-corrected chi connectivity index (χ4v) is 2.34. The van der Waals surface area contributed by atoms with Crippen LogP contribution in [0.25, 0.3) is 0 Å². The Bertz CT molecular complexity index is 659. The van der Waals surface area contributed by atoms with Crippen molar-refractivity contribution >= 4 is 17.5 Å². The van der Waals surface area contributed by atoms with Gasteiger partial charge in [0.15, 0.2) is 0 Å². The number of hydrogen-bond acceptors (Lipinski definition) is 3. The number of carbonyl (C=O) groups excluding carboxylic acids is 1. The van der Waals surface area contributed by atoms with Crippen LogP contribution in [0.2, 0.25) is 5.02 Å². The molecule has 0 aliphatic rings. The monoisotopic (exact) mass is 309 g/mol. The van der Waals surface area contributed by atoms with E-state index >= 15 is 0 Å². The van der Waals surface area contributed by atoms with Crippen LogP contribution >= 0.6 is 11.6 Å². The molecule has 21 heavy (non-hydrogen) atoms. The van der Waals surface area contributed by atoms with Crippen molar-refractivity contribution in [1.82, 2.24) is 24.9 Å². The molecule has 0 aliphatic carbocycles. The maximum atomic E-state index is 11.9. The van der Waals surface area contributed by atoms with Crippen LogP contribution in [-0.4, -0.2) is 25.5 Å². The first-order valence-electron chi connectivity index (χ1n) is 6.84. The highest BCUT2D eigenvalue weighted by Crippen LogP contribution is 2.18. The van der Waals surface area contributed by atoms with Gasteiger partial charge in [-0.05, 0) is 26.8 Å². The fraction of sp³-hybridized carbons (Fsp3) is 0.500. The second kappa shape index (κ2) is 6.30. The van der Waals surface area contributed by atoms with Crippen molar-refractivity contribution in [2.24, 2.45) is 7.05 Å². The van der Waals surface area contributed by atoms with Crippen molar-refractivity contribution in [3.8, 4) is 0 Å². The Kier molecular flexibility index (Phi) is 4.67. The van der Waals surface area contributed by atoms with Crippen molar-refractivity contribution in [1.29, 1.82) is 0 Å². The van der Waals surface area contributed by atoms with E-state index in [1.807, 2.05) is 33.9 Å². The third kappa shape index (κ3) is 3.64. The summed E-state index contributed by atoms with van der Waals surface area (Å²) in [6.07, 6.45) is 0.370. The first kappa shape index (κ1) is 15.6. The molecule has 0 spiro atoms. The number of aromatic nitrogens is 4. The number of halogens is 1. The molecule has 0 saturated heterocycles. The number of nitrogens with one attached hydrogen (secondary N) is 1. The lowest BCUT2D eigenvalue weighted by molar-refractivity contribution is -0.121. The van der Waals surface area contributed by atoms with E-state index in [0.29, 0.717) is 24.5 Å². The minimum atomic E-state index is -0.0162. The van der Waals surface area contributed by atoms with Crippen LogP contribution in [0.3, 0.4) is 0 Å². The summed E-state index contributed by atoms with van der Waals surface area (Å²) in [6.45, 7) is 6.69. The molecule has 0 bridgehead atoms. The first-order chi connectivity index (χ1) is 9.88. The molecule has 2 rings (SSSR count). The predicted octanol–water partition coefficient (Wildman–Crippen LogP) is 1.90. The van der Waals surface area contributed by atoms with Crippen molar-refractivity contribution in [3.63, 3.8) is 0 Å². The molecule has 2 aromatic rings. The summed E-state index contributed by atoms with van der Waals surface area (Å²) in [7, 11) is 1.87. The van der Waals surface area contributed by atoms with Crippen LogP contribution in [-0.2, 0) is 24.9 Å². The smallest absolute Gasteiger partial charge is 0.222 e. The molecule has 0 aromatic carbocycles. The first-order valence-corrected chi connectivity index (χ1v) is 7.22. The maximum absolute atomic E-state index is 11.9. The number of hydrogen-bond donors (Lipinski definition) is 1. The van der Waals surface area contributed by atoms with E-state index in [2.05, 4.69) is 15.5 Å². The lowest BCUT2D eigenvalue weighted by atomic mass is 10.3. The van der Waals surface area contributed by atoms with Gasteiger partial charge in [-0.25, -0.2) is 0 Å². The summed E-state index contributed by atoms with van der Waals surface area (Å²) in [5.74, 6) is -0.0162. The zero-order valence-electron chi connectivity index (χ0n) is 12.8. The van der Waals surface area contributed by atoms with Crippen LogP contribution in [0, 0.1) is 20.8 Å². The number of amides is 1. The van der Waals surface area contributed by atoms with E-state index in [0.717, 1.165) is 22.8 Å². The highest BCUT2D eigenvalue weighted by Gasteiger charge is 2.11. The number of aryl methyl sites for hydroxylation is 4. The van der Waals surface area contributed by atoms with Gasteiger partial charge in [0.25, 0.3) is 0 Å². The summed E-state index contributed by atoms with van der Waals surface area (Å²) < 4.78 is 3.54. The van der Waals surface area contributed by atoms with Crippen LogP contribution in [0.4, 0.5) is 0 Å². The SMILES string of the molecule is Cc1cc(CNC(=O)CCn2nc(C)c(Cl)c2C)n(C)n1. The lowest BCUT2D eigenvalue weighted by Gasteiger charge is -2.07. The second-order valence-electron chi connectivity index (χ2n) is 5.14. The van der Waals surface area contributed by atoms with E-state index in [1.54, 1.807) is 9.36 Å². The summed E-state index contributed by atoms with van der Waals surface area (Å²) in [5.41, 5.74) is 3.61. The molecule has 0 radical (unpaired) electrons. The Morgan fingerprint density at radius 3 is 2.57 bits per heavy atom. The number of rotatable bonds is 5. The molecular formula is C14H20ClN5O. The van der Waals surface area contributed by atoms with Gasteiger partial charge in [0.2, 0.25) is 5.91 Å². The van der Waals surface area contributed by atoms with Gasteiger partial charge in [-0.3, -0.25) is 14.2 Å². The van der Waals surface area contributed by atoms with Gasteiger partial charge in [0, 0.05) is 13.5 Å². The Morgan fingerprint density at radius 1 is 1.33 bits per heavy atom. The van der Waals surface area contributed by atoms with Crippen LogP contribution in [0.5, 0.6) is 0 Å². The quantitative estimate of drug-likeness (QED) is 0.917. The summed E-state index contributed by atoms with van der Waals surface area (Å²) >= 11 is 6.08. The summed E-state index contributed by atoms with van der Waals surface area (Å²) in [5, 5.41) is 12.1. The molecule has 114 valence electrons. The third-order valence-corrected chi connectivity index (χ3v) is 3.96. The van der Waals surface area contributed by atoms with Gasteiger partial charge in [-0.1, -0.05) is 11.6 Å². The minimum Gasteiger partial charge on any atom is -0.350 e. The molecule has 2 aromatic heterocycles. The van der Waals surface area contributed by atoms with E-state index < -0.39 is 0 Å². The van der Waals surface area contributed by atoms with Gasteiger partial charge in [-0.15, -0.1) is 0 Å². The normalized spacial score (nSPS) is 10.9. The second-order valence-corrected chi connectivity index (χ2v) is 5.51. The molecule has 0 unspecified atom stereocenters. The topological polar surface area (TPSA) is 64.7 Å². The fourth-order valence-electron chi connectivity index (χ4n) is 2.21. The molecule has 0 aliphatic heterocycles. The summed E-state index contributed by atoms with van der Waals surface area (Å²) in [4.78, 5) is 11.9. The van der Waals surface area contributed by atoms with Crippen molar-refractivity contribution < 1.29 is 4.79 Å². The maximum Gasteiger partial charge on any atom is 0.222 e. The van der Waals surface area contributed by atoms with E-state index in [-0.39, 0.29) is 5.91 Å². The summed E-state index contributed by atoms with van der Waals surface area (Å²) in [6, 6.07) is 1.96. The zero-order chi connectivity index (χ0) is 15.6. The van der Waals surface area contributed by atoms with E-state index in [4.69, 9.17) is 11.6 Å². The van der Waals surface area contributed by atoms with Crippen molar-refractivity contribution in [2.75, 3.05) is 0 Å². The van der Waals surface area contributed by atoms with Crippen LogP contribution in [0.1, 0.15) is 29.2 Å². The molecule has 2 heterocycles. The van der Waals surface area contributed by atoms with Crippen molar-refractivity contribution in [3.05, 3.63) is 33.9 Å². The highest BCUT2D eigenvalue weighted by atomic mass is 35.5. The molecule has 1 amide bonds. The Hall–Kier alpha value is -1.82. The van der Waals surface area contributed by atoms with Crippen molar-refractivity contribution in [2.45, 2.75) is 40.3 Å². The van der Waals surface area contributed by atoms with Gasteiger partial charge in [0.05, 0.1) is 40.9 Å². The van der Waals surface area contributed by atoms with E-state index in [1.165, 1.54) is 0 Å².